The normalized spacial score (nSPS) is 23.2. The monoisotopic (exact) mass is 246 g/mol. The molecule has 0 aromatic heterocycles. The van der Waals surface area contributed by atoms with Crippen LogP contribution in [-0.4, -0.2) is 18.6 Å². The van der Waals surface area contributed by atoms with Crippen molar-refractivity contribution in [3.8, 4) is 0 Å². The van der Waals surface area contributed by atoms with Crippen LogP contribution in [-0.2, 0) is 15.0 Å². The van der Waals surface area contributed by atoms with Crippen LogP contribution >= 0.6 is 0 Å². The van der Waals surface area contributed by atoms with Crippen molar-refractivity contribution < 1.29 is 9.63 Å². The molecule has 1 saturated carbocycles. The van der Waals surface area contributed by atoms with Crippen LogP contribution in [0, 0.1) is 0 Å². The average Bonchev–Trinajstić information content (AvgIpc) is 3.08. The summed E-state index contributed by atoms with van der Waals surface area (Å²) in [6, 6.07) is 8.21. The summed E-state index contributed by atoms with van der Waals surface area (Å²) < 4.78 is 0. The van der Waals surface area contributed by atoms with Crippen LogP contribution in [0.4, 0.5) is 5.69 Å². The van der Waals surface area contributed by atoms with Crippen LogP contribution in [0.1, 0.15) is 31.7 Å². The Morgan fingerprint density at radius 1 is 1.33 bits per heavy atom. The van der Waals surface area contributed by atoms with Crippen molar-refractivity contribution in [3.05, 3.63) is 29.8 Å². The maximum Gasteiger partial charge on any atom is 0.253 e. The van der Waals surface area contributed by atoms with Gasteiger partial charge in [-0.1, -0.05) is 12.1 Å². The quantitative estimate of drug-likeness (QED) is 0.883. The van der Waals surface area contributed by atoms with Crippen LogP contribution in [0.25, 0.3) is 0 Å². The van der Waals surface area contributed by atoms with Gasteiger partial charge in [0.05, 0.1) is 18.7 Å². The molecular formula is C14H18N2O2. The first-order valence-corrected chi connectivity index (χ1v) is 6.45. The zero-order valence-electron chi connectivity index (χ0n) is 10.6. The van der Waals surface area contributed by atoms with Gasteiger partial charge in [-0.15, -0.1) is 0 Å². The van der Waals surface area contributed by atoms with Gasteiger partial charge in [-0.05, 0) is 37.5 Å². The number of hydroxylamine groups is 1. The van der Waals surface area contributed by atoms with Gasteiger partial charge in [-0.2, -0.15) is 5.06 Å². The number of nitrogens with zero attached hydrogens (tertiary/aromatic N) is 1. The predicted molar refractivity (Wildman–Crippen MR) is 69.1 cm³/mol. The molecule has 1 aliphatic heterocycles. The number of benzene rings is 1. The molecule has 0 bridgehead atoms. The Kier molecular flexibility index (Phi) is 2.64. The zero-order valence-corrected chi connectivity index (χ0v) is 10.6. The highest BCUT2D eigenvalue weighted by molar-refractivity contribution is 5.92. The second-order valence-electron chi connectivity index (χ2n) is 5.26. The Morgan fingerprint density at radius 3 is 2.44 bits per heavy atom. The van der Waals surface area contributed by atoms with E-state index in [0.29, 0.717) is 13.0 Å². The molecule has 1 atom stereocenters. The van der Waals surface area contributed by atoms with Crippen LogP contribution in [0.3, 0.4) is 0 Å². The Hall–Kier alpha value is -1.39. The van der Waals surface area contributed by atoms with Crippen molar-refractivity contribution in [1.82, 2.24) is 0 Å². The third-order valence-corrected chi connectivity index (χ3v) is 4.10. The highest BCUT2D eigenvalue weighted by Gasteiger charge is 2.47. The lowest BCUT2D eigenvalue weighted by Crippen LogP contribution is -2.31. The largest absolute Gasteiger partial charge is 0.327 e. The SMILES string of the molecule is CC(N)C1(c2ccc(N3OCCC3=O)cc2)CC1. The van der Waals surface area contributed by atoms with Gasteiger partial charge in [0, 0.05) is 11.5 Å². The van der Waals surface area contributed by atoms with Crippen LogP contribution < -0.4 is 10.8 Å². The number of hydrogen-bond donors (Lipinski definition) is 1. The summed E-state index contributed by atoms with van der Waals surface area (Å²) in [6.07, 6.45) is 2.78. The number of nitrogens with two attached hydrogens (primary N) is 1. The standard InChI is InChI=1S/C14H18N2O2/c1-10(15)14(7-8-14)11-2-4-12(5-3-11)16-13(17)6-9-18-16/h2-5,10H,6-9,15H2,1H3. The van der Waals surface area contributed by atoms with E-state index >= 15 is 0 Å². The summed E-state index contributed by atoms with van der Waals surface area (Å²) in [4.78, 5) is 16.9. The van der Waals surface area contributed by atoms with E-state index in [-0.39, 0.29) is 17.4 Å². The van der Waals surface area contributed by atoms with Gasteiger partial charge < -0.3 is 5.73 Å². The number of rotatable bonds is 3. The lowest BCUT2D eigenvalue weighted by molar-refractivity contribution is -0.119. The molecule has 2 aliphatic rings. The van der Waals surface area contributed by atoms with Gasteiger partial charge in [0.15, 0.2) is 0 Å². The first kappa shape index (κ1) is 11.7. The molecule has 2 fully saturated rings. The molecule has 1 heterocycles. The lowest BCUT2D eigenvalue weighted by Gasteiger charge is -2.21. The van der Waals surface area contributed by atoms with Crippen LogP contribution in [0.2, 0.25) is 0 Å². The number of carbonyl (C=O) groups excluding carboxylic acids is 1. The summed E-state index contributed by atoms with van der Waals surface area (Å²) >= 11 is 0. The highest BCUT2D eigenvalue weighted by Crippen LogP contribution is 2.50. The molecule has 1 aliphatic carbocycles. The molecule has 1 saturated heterocycles. The Labute approximate surface area is 107 Å². The van der Waals surface area contributed by atoms with Crippen molar-refractivity contribution in [2.75, 3.05) is 11.7 Å². The van der Waals surface area contributed by atoms with Gasteiger partial charge in [0.25, 0.3) is 5.91 Å². The van der Waals surface area contributed by atoms with Crippen molar-refractivity contribution >= 4 is 11.6 Å². The zero-order chi connectivity index (χ0) is 12.8. The minimum atomic E-state index is 0.0241. The van der Waals surface area contributed by atoms with E-state index in [1.54, 1.807) is 0 Å². The van der Waals surface area contributed by atoms with E-state index in [2.05, 4.69) is 19.1 Å². The molecule has 0 spiro atoms. The summed E-state index contributed by atoms with van der Waals surface area (Å²) in [5, 5.41) is 1.38. The average molecular weight is 246 g/mol. The molecule has 4 nitrogen and oxygen atoms in total. The fraction of sp³-hybridized carbons (Fsp3) is 0.500. The van der Waals surface area contributed by atoms with Crippen LogP contribution in [0.15, 0.2) is 24.3 Å². The first-order chi connectivity index (χ1) is 8.63. The molecule has 1 amide bonds. The van der Waals surface area contributed by atoms with Gasteiger partial charge in [-0.25, -0.2) is 0 Å². The van der Waals surface area contributed by atoms with E-state index < -0.39 is 0 Å². The molecular weight excluding hydrogens is 228 g/mol. The van der Waals surface area contributed by atoms with Crippen molar-refractivity contribution in [3.63, 3.8) is 0 Å². The van der Waals surface area contributed by atoms with E-state index in [1.165, 1.54) is 10.6 Å². The van der Waals surface area contributed by atoms with Gasteiger partial charge in [0.1, 0.15) is 0 Å². The minimum Gasteiger partial charge on any atom is -0.327 e. The molecule has 18 heavy (non-hydrogen) atoms. The Morgan fingerprint density at radius 2 is 2.00 bits per heavy atom. The van der Waals surface area contributed by atoms with Crippen molar-refractivity contribution in [2.24, 2.45) is 5.73 Å². The van der Waals surface area contributed by atoms with E-state index in [1.807, 2.05) is 12.1 Å². The summed E-state index contributed by atoms with van der Waals surface area (Å²) in [5.74, 6) is 0.0241. The van der Waals surface area contributed by atoms with Crippen LogP contribution in [0.5, 0.6) is 0 Å². The molecule has 1 unspecified atom stereocenters. The molecule has 1 aromatic carbocycles. The smallest absolute Gasteiger partial charge is 0.253 e. The number of hydrogen-bond acceptors (Lipinski definition) is 3. The minimum absolute atomic E-state index is 0.0241. The molecule has 0 radical (unpaired) electrons. The molecule has 3 rings (SSSR count). The second-order valence-corrected chi connectivity index (χ2v) is 5.26. The molecule has 2 N–H and O–H groups in total. The van der Waals surface area contributed by atoms with Gasteiger partial charge >= 0.3 is 0 Å². The Balaban J connectivity index is 1.83. The predicted octanol–water partition coefficient (Wildman–Crippen LogP) is 1.73. The van der Waals surface area contributed by atoms with Crippen molar-refractivity contribution in [2.45, 2.75) is 37.6 Å². The third-order valence-electron chi connectivity index (χ3n) is 4.10. The lowest BCUT2D eigenvalue weighted by atomic mass is 9.89. The third kappa shape index (κ3) is 1.72. The van der Waals surface area contributed by atoms with E-state index in [9.17, 15) is 4.79 Å². The van der Waals surface area contributed by atoms with Gasteiger partial charge in [0.2, 0.25) is 0 Å². The fourth-order valence-electron chi connectivity index (χ4n) is 2.69. The van der Waals surface area contributed by atoms with E-state index in [4.69, 9.17) is 10.6 Å². The number of anilines is 1. The van der Waals surface area contributed by atoms with Gasteiger partial charge in [-0.3, -0.25) is 9.63 Å². The van der Waals surface area contributed by atoms with Crippen molar-refractivity contribution in [1.29, 1.82) is 0 Å². The summed E-state index contributed by atoms with van der Waals surface area (Å²) in [6.45, 7) is 2.54. The summed E-state index contributed by atoms with van der Waals surface area (Å²) in [7, 11) is 0. The molecule has 1 aromatic rings. The fourth-order valence-corrected chi connectivity index (χ4v) is 2.69. The number of carbonyl (C=O) groups is 1. The molecule has 4 heteroatoms. The highest BCUT2D eigenvalue weighted by atomic mass is 16.7. The second kappa shape index (κ2) is 4.07. The maximum absolute atomic E-state index is 11.6. The first-order valence-electron chi connectivity index (χ1n) is 6.45. The number of amides is 1. The Bertz CT molecular complexity index is 463. The summed E-state index contributed by atoms with van der Waals surface area (Å²) in [5.41, 5.74) is 8.30. The topological polar surface area (TPSA) is 55.6 Å². The van der Waals surface area contributed by atoms with E-state index in [0.717, 1.165) is 18.5 Å². The maximum atomic E-state index is 11.6. The molecule has 96 valence electrons.